The van der Waals surface area contributed by atoms with Crippen LogP contribution in [0.2, 0.25) is 0 Å². The van der Waals surface area contributed by atoms with Crippen molar-refractivity contribution in [2.24, 2.45) is 7.05 Å². The molecule has 0 amide bonds. The van der Waals surface area contributed by atoms with Gasteiger partial charge in [-0.3, -0.25) is 9.40 Å². The fourth-order valence-corrected chi connectivity index (χ4v) is 5.20. The maximum absolute atomic E-state index is 13.2. The number of rotatable bonds is 9. The van der Waals surface area contributed by atoms with E-state index in [0.717, 1.165) is 23.0 Å². The van der Waals surface area contributed by atoms with E-state index in [1.54, 1.807) is 24.0 Å². The fourth-order valence-electron chi connectivity index (χ4n) is 3.39. The van der Waals surface area contributed by atoms with Crippen molar-refractivity contribution in [3.63, 3.8) is 0 Å². The predicted octanol–water partition coefficient (Wildman–Crippen LogP) is 4.07. The second-order valence-electron chi connectivity index (χ2n) is 7.44. The van der Waals surface area contributed by atoms with Crippen LogP contribution >= 0.6 is 11.3 Å². The highest BCUT2D eigenvalue weighted by molar-refractivity contribution is 7.93. The molecule has 2 aromatic heterocycles. The molecule has 2 N–H and O–H groups in total. The molecular formula is C23H20FN5O4S2. The van der Waals surface area contributed by atoms with Crippen LogP contribution in [0.1, 0.15) is 17.5 Å². The van der Waals surface area contributed by atoms with Gasteiger partial charge in [-0.2, -0.15) is 14.8 Å². The summed E-state index contributed by atoms with van der Waals surface area (Å²) in [4.78, 5) is 3.46. The minimum absolute atomic E-state index is 0.00138. The zero-order chi connectivity index (χ0) is 25.0. The lowest BCUT2D eigenvalue weighted by Gasteiger charge is -2.15. The van der Waals surface area contributed by atoms with Crippen molar-refractivity contribution in [2.75, 3.05) is 11.3 Å². The number of sulfonamides is 1. The molecule has 12 heteroatoms. The van der Waals surface area contributed by atoms with Crippen LogP contribution in [-0.2, 0) is 23.5 Å². The molecule has 0 unspecified atom stereocenters. The second-order valence-corrected chi connectivity index (χ2v) is 10.1. The topological polar surface area (TPSA) is 130 Å². The van der Waals surface area contributed by atoms with E-state index in [9.17, 15) is 18.1 Å². The summed E-state index contributed by atoms with van der Waals surface area (Å²) in [5.41, 5.74) is 2.50. The van der Waals surface area contributed by atoms with Crippen LogP contribution in [0.5, 0.6) is 11.5 Å². The average molecular weight is 514 g/mol. The highest BCUT2D eigenvalue weighted by Gasteiger charge is 2.20. The Morgan fingerprint density at radius 2 is 2.03 bits per heavy atom. The number of nitrogens with one attached hydrogen (secondary N) is 1. The first-order valence-corrected chi connectivity index (χ1v) is 12.7. The Balaban J connectivity index is 1.67. The van der Waals surface area contributed by atoms with Gasteiger partial charge in [0.25, 0.3) is 10.0 Å². The van der Waals surface area contributed by atoms with Crippen molar-refractivity contribution >= 4 is 26.5 Å². The molecule has 0 fully saturated rings. The molecule has 0 aliphatic rings. The van der Waals surface area contributed by atoms with E-state index < -0.39 is 15.2 Å². The minimum atomic E-state index is -4.09. The van der Waals surface area contributed by atoms with Crippen LogP contribution in [0.15, 0.2) is 59.8 Å². The van der Waals surface area contributed by atoms with Crippen molar-refractivity contribution in [1.82, 2.24) is 14.8 Å². The molecule has 0 aliphatic carbocycles. The second kappa shape index (κ2) is 10.2. The van der Waals surface area contributed by atoms with Gasteiger partial charge in [-0.25, -0.2) is 13.4 Å². The van der Waals surface area contributed by atoms with E-state index in [-0.39, 0.29) is 27.9 Å². The normalized spacial score (nSPS) is 11.3. The number of ether oxygens (including phenoxy) is 1. The van der Waals surface area contributed by atoms with Crippen LogP contribution in [-0.4, -0.2) is 34.9 Å². The summed E-state index contributed by atoms with van der Waals surface area (Å²) in [6.07, 6.45) is 3.85. The van der Waals surface area contributed by atoms with Gasteiger partial charge in [-0.05, 0) is 54.8 Å². The van der Waals surface area contributed by atoms with Gasteiger partial charge in [0.2, 0.25) is 0 Å². The van der Waals surface area contributed by atoms with E-state index in [2.05, 4.69) is 14.8 Å². The highest BCUT2D eigenvalue weighted by atomic mass is 32.2. The van der Waals surface area contributed by atoms with Crippen LogP contribution in [0.25, 0.3) is 11.3 Å². The molecule has 0 saturated carbocycles. The highest BCUT2D eigenvalue weighted by Crippen LogP contribution is 2.36. The lowest BCUT2D eigenvalue weighted by atomic mass is 10.0. The molecule has 4 rings (SSSR count). The smallest absolute Gasteiger partial charge is 0.263 e. The summed E-state index contributed by atoms with van der Waals surface area (Å²) in [5.74, 6) is 0.614. The summed E-state index contributed by atoms with van der Waals surface area (Å²) in [5, 5.41) is 22.3. The quantitative estimate of drug-likeness (QED) is 0.345. The zero-order valence-electron chi connectivity index (χ0n) is 18.5. The summed E-state index contributed by atoms with van der Waals surface area (Å²) in [6, 6.07) is 13.2. The molecule has 9 nitrogen and oxygen atoms in total. The van der Waals surface area contributed by atoms with Crippen molar-refractivity contribution in [3.05, 3.63) is 71.1 Å². The van der Waals surface area contributed by atoms with Gasteiger partial charge in [-0.1, -0.05) is 17.4 Å². The molecule has 2 aromatic carbocycles. The molecule has 4 aromatic rings. The number of aryl methyl sites for hydroxylation is 2. The minimum Gasteiger partial charge on any atom is -0.455 e. The first-order valence-electron chi connectivity index (χ1n) is 10.4. The average Bonchev–Trinajstić information content (AvgIpc) is 3.45. The van der Waals surface area contributed by atoms with E-state index in [4.69, 9.17) is 9.84 Å². The SMILES string of the molecule is Cn1nccc1-c1cc(CCCO)ccc1Oc1ccc(S(=O)(=O)Nc2ncc(F)s2)cc1C#N. The van der Waals surface area contributed by atoms with Crippen molar-refractivity contribution in [3.8, 4) is 28.8 Å². The Kier molecular flexibility index (Phi) is 7.11. The number of halogens is 1. The molecule has 0 saturated heterocycles. The van der Waals surface area contributed by atoms with E-state index in [1.165, 1.54) is 18.2 Å². The molecule has 2 heterocycles. The van der Waals surface area contributed by atoms with Gasteiger partial charge in [0, 0.05) is 25.4 Å². The number of nitriles is 1. The van der Waals surface area contributed by atoms with Gasteiger partial charge in [0.05, 0.1) is 22.3 Å². The lowest BCUT2D eigenvalue weighted by Crippen LogP contribution is -2.13. The molecule has 35 heavy (non-hydrogen) atoms. The van der Waals surface area contributed by atoms with Crippen molar-refractivity contribution < 1.29 is 22.7 Å². The van der Waals surface area contributed by atoms with Gasteiger partial charge in [0.1, 0.15) is 17.6 Å². The summed E-state index contributed by atoms with van der Waals surface area (Å²) >= 11 is 0.553. The number of benzene rings is 2. The Morgan fingerprint density at radius 3 is 2.69 bits per heavy atom. The monoisotopic (exact) mass is 513 g/mol. The van der Waals surface area contributed by atoms with Crippen molar-refractivity contribution in [2.45, 2.75) is 17.7 Å². The lowest BCUT2D eigenvalue weighted by molar-refractivity contribution is 0.288. The molecule has 0 atom stereocenters. The number of thiazole rings is 1. The third-order valence-corrected chi connectivity index (χ3v) is 7.23. The fraction of sp³-hybridized carbons (Fsp3) is 0.174. The number of aliphatic hydroxyl groups is 1. The largest absolute Gasteiger partial charge is 0.455 e. The maximum Gasteiger partial charge on any atom is 0.263 e. The Labute approximate surface area is 205 Å². The molecule has 0 bridgehead atoms. The van der Waals surface area contributed by atoms with Gasteiger partial charge < -0.3 is 9.84 Å². The maximum atomic E-state index is 13.2. The predicted molar refractivity (Wildman–Crippen MR) is 128 cm³/mol. The van der Waals surface area contributed by atoms with E-state index >= 15 is 0 Å². The van der Waals surface area contributed by atoms with Crippen LogP contribution in [0.4, 0.5) is 9.52 Å². The molecule has 0 aliphatic heterocycles. The molecule has 180 valence electrons. The summed E-state index contributed by atoms with van der Waals surface area (Å²) < 4.78 is 48.5. The van der Waals surface area contributed by atoms with Gasteiger partial charge in [-0.15, -0.1) is 0 Å². The number of hydrogen-bond donors (Lipinski definition) is 2. The standard InChI is InChI=1S/C23H20FN5O4S2/c1-29-19(8-9-27-29)18-11-15(3-2-10-30)4-6-21(18)33-20-7-5-17(12-16(20)13-25)35(31,32)28-23-26-14-22(24)34-23/h4-9,11-12,14,30H,2-3,10H2,1H3,(H,26,28). The summed E-state index contributed by atoms with van der Waals surface area (Å²) in [7, 11) is -2.30. The van der Waals surface area contributed by atoms with Crippen LogP contribution in [0.3, 0.4) is 0 Å². The Bertz CT molecular complexity index is 1510. The summed E-state index contributed by atoms with van der Waals surface area (Å²) in [6.45, 7) is 0.0758. The van der Waals surface area contributed by atoms with E-state index in [1.807, 2.05) is 24.3 Å². The van der Waals surface area contributed by atoms with Crippen LogP contribution in [0, 0.1) is 16.5 Å². The van der Waals surface area contributed by atoms with Crippen LogP contribution < -0.4 is 9.46 Å². The molecular weight excluding hydrogens is 493 g/mol. The number of anilines is 1. The molecule has 0 radical (unpaired) electrons. The Morgan fingerprint density at radius 1 is 1.23 bits per heavy atom. The number of hydrogen-bond acceptors (Lipinski definition) is 8. The number of aliphatic hydroxyl groups excluding tert-OH is 1. The molecule has 0 spiro atoms. The third-order valence-electron chi connectivity index (χ3n) is 5.07. The van der Waals surface area contributed by atoms with Gasteiger partial charge in [0.15, 0.2) is 10.3 Å². The van der Waals surface area contributed by atoms with Gasteiger partial charge >= 0.3 is 0 Å². The first-order chi connectivity index (χ1) is 16.8. The number of aromatic nitrogens is 3. The Hall–Kier alpha value is -3.79. The zero-order valence-corrected chi connectivity index (χ0v) is 20.1. The first kappa shape index (κ1) is 24.3. The van der Waals surface area contributed by atoms with Crippen molar-refractivity contribution in [1.29, 1.82) is 5.26 Å². The van der Waals surface area contributed by atoms with E-state index in [0.29, 0.717) is 29.9 Å². The third kappa shape index (κ3) is 5.48. The number of nitrogens with zero attached hydrogens (tertiary/aromatic N) is 4.